The lowest BCUT2D eigenvalue weighted by atomic mass is 9.63. The molecule has 0 bridgehead atoms. The molecule has 4 heteroatoms. The highest BCUT2D eigenvalue weighted by Crippen LogP contribution is 2.48. The zero-order valence-electron chi connectivity index (χ0n) is 27.7. The molecule has 2 heterocycles. The summed E-state index contributed by atoms with van der Waals surface area (Å²) in [7, 11) is 3.55. The van der Waals surface area contributed by atoms with Gasteiger partial charge < -0.3 is 9.80 Å². The van der Waals surface area contributed by atoms with E-state index in [2.05, 4.69) is 101 Å². The summed E-state index contributed by atoms with van der Waals surface area (Å²) in [5.74, 6) is -0.268. The Morgan fingerprint density at radius 2 is 1.18 bits per heavy atom. The third kappa shape index (κ3) is 5.20. The second-order valence-electron chi connectivity index (χ2n) is 13.5. The van der Waals surface area contributed by atoms with E-state index in [-0.39, 0.29) is 22.6 Å². The number of fused-ring (bicyclic) bond motifs is 2. The molecule has 0 saturated carbocycles. The minimum Gasteiger partial charge on any atom is -0.310 e. The van der Waals surface area contributed by atoms with Crippen molar-refractivity contribution in [3.8, 4) is 0 Å². The SMILES string of the molecule is CCC(C)(/C=C/c1ccc(/C=C/c2ccc(C3=C4C(=O)N(C)C(c5ccc6c(c5)CC6(C)CC)=C4C(=O)N3C)cc2)cc1)CC. The van der Waals surface area contributed by atoms with Gasteiger partial charge in [0.2, 0.25) is 0 Å². The van der Waals surface area contributed by atoms with Crippen molar-refractivity contribution in [2.45, 2.75) is 65.7 Å². The molecule has 0 N–H and O–H groups in total. The van der Waals surface area contributed by atoms with E-state index in [1.54, 1.807) is 23.9 Å². The van der Waals surface area contributed by atoms with Crippen LogP contribution in [0.4, 0.5) is 0 Å². The van der Waals surface area contributed by atoms with Crippen LogP contribution in [0.1, 0.15) is 92.8 Å². The number of likely N-dealkylation sites (N-methyl/N-ethyl adjacent to an activating group) is 2. The van der Waals surface area contributed by atoms with Crippen molar-refractivity contribution in [1.82, 2.24) is 9.80 Å². The Morgan fingerprint density at radius 1 is 0.711 bits per heavy atom. The van der Waals surface area contributed by atoms with Crippen LogP contribution in [0, 0.1) is 5.41 Å². The maximum absolute atomic E-state index is 13.7. The molecule has 0 spiro atoms. The first-order valence-corrected chi connectivity index (χ1v) is 16.3. The van der Waals surface area contributed by atoms with Crippen LogP contribution in [0.5, 0.6) is 0 Å². The van der Waals surface area contributed by atoms with Crippen molar-refractivity contribution in [2.24, 2.45) is 5.41 Å². The largest absolute Gasteiger partial charge is 0.310 e. The molecule has 0 saturated heterocycles. The number of carbonyl (C=O) groups is 2. The van der Waals surface area contributed by atoms with Gasteiger partial charge in [-0.15, -0.1) is 0 Å². The summed E-state index contributed by atoms with van der Waals surface area (Å²) >= 11 is 0. The van der Waals surface area contributed by atoms with Gasteiger partial charge in [0, 0.05) is 14.1 Å². The Bertz CT molecular complexity index is 1800. The number of allylic oxidation sites excluding steroid dienone is 1. The second kappa shape index (κ2) is 11.5. The van der Waals surface area contributed by atoms with E-state index >= 15 is 0 Å². The summed E-state index contributed by atoms with van der Waals surface area (Å²) in [6.45, 7) is 11.3. The molecule has 1 atom stereocenters. The fraction of sp³-hybridized carbons (Fsp3) is 0.317. The Hall–Kier alpha value is -4.44. The molecule has 1 aliphatic carbocycles. The predicted octanol–water partition coefficient (Wildman–Crippen LogP) is 8.99. The average molecular weight is 597 g/mol. The van der Waals surface area contributed by atoms with Crippen LogP contribution in [-0.2, 0) is 21.4 Å². The third-order valence-corrected chi connectivity index (χ3v) is 10.7. The Kier molecular flexibility index (Phi) is 7.81. The Balaban J connectivity index is 1.25. The zero-order valence-corrected chi connectivity index (χ0v) is 27.7. The molecule has 3 aliphatic rings. The van der Waals surface area contributed by atoms with Gasteiger partial charge >= 0.3 is 0 Å². The molecule has 2 aliphatic heterocycles. The molecular formula is C41H44N2O2. The fourth-order valence-electron chi connectivity index (χ4n) is 6.85. The number of hydrogen-bond acceptors (Lipinski definition) is 2. The molecular weight excluding hydrogens is 552 g/mol. The highest BCUT2D eigenvalue weighted by molar-refractivity contribution is 6.30. The van der Waals surface area contributed by atoms with Crippen molar-refractivity contribution in [3.63, 3.8) is 0 Å². The number of carbonyl (C=O) groups excluding carboxylic acids is 2. The summed E-state index contributed by atoms with van der Waals surface area (Å²) in [5.41, 5.74) is 10.7. The summed E-state index contributed by atoms with van der Waals surface area (Å²) in [4.78, 5) is 30.6. The van der Waals surface area contributed by atoms with E-state index in [0.717, 1.165) is 47.9 Å². The monoisotopic (exact) mass is 596 g/mol. The lowest BCUT2D eigenvalue weighted by Crippen LogP contribution is -2.35. The first-order valence-electron chi connectivity index (χ1n) is 16.3. The maximum atomic E-state index is 13.7. The standard InChI is InChI=1S/C41H44N2O2/c1-8-40(4,9-2)24-23-29-15-13-27(14-16-29)11-12-28-17-19-30(20-18-28)36-34-35(39(45)42(36)6)37(43(7)38(34)44)31-21-22-33-32(25-31)26-41(33,5)10-3/h11-25H,8-10,26H2,1-7H3/b12-11+,24-23+. The van der Waals surface area contributed by atoms with E-state index in [0.29, 0.717) is 22.5 Å². The lowest BCUT2D eigenvalue weighted by molar-refractivity contribution is -0.123. The molecule has 45 heavy (non-hydrogen) atoms. The first kappa shape index (κ1) is 30.6. The van der Waals surface area contributed by atoms with Crippen LogP contribution >= 0.6 is 0 Å². The second-order valence-corrected chi connectivity index (χ2v) is 13.5. The fourth-order valence-corrected chi connectivity index (χ4v) is 6.85. The molecule has 3 aromatic carbocycles. The summed E-state index contributed by atoms with van der Waals surface area (Å²) < 4.78 is 0. The van der Waals surface area contributed by atoms with Crippen LogP contribution in [0.25, 0.3) is 29.6 Å². The minimum absolute atomic E-state index is 0.134. The van der Waals surface area contributed by atoms with Crippen LogP contribution in [0.15, 0.2) is 84.0 Å². The highest BCUT2D eigenvalue weighted by atomic mass is 16.2. The van der Waals surface area contributed by atoms with E-state index in [9.17, 15) is 9.59 Å². The summed E-state index contributed by atoms with van der Waals surface area (Å²) in [6.07, 6.45) is 13.1. The van der Waals surface area contributed by atoms with E-state index < -0.39 is 0 Å². The molecule has 230 valence electrons. The quantitative estimate of drug-likeness (QED) is 0.231. The predicted molar refractivity (Wildman–Crippen MR) is 187 cm³/mol. The van der Waals surface area contributed by atoms with Gasteiger partial charge in [0.1, 0.15) is 0 Å². The van der Waals surface area contributed by atoms with Crippen molar-refractivity contribution in [2.75, 3.05) is 14.1 Å². The zero-order chi connectivity index (χ0) is 32.1. The number of hydrogen-bond donors (Lipinski definition) is 0. The normalized spacial score (nSPS) is 19.8. The van der Waals surface area contributed by atoms with Crippen LogP contribution < -0.4 is 0 Å². The first-order chi connectivity index (χ1) is 21.5. The maximum Gasteiger partial charge on any atom is 0.261 e. The van der Waals surface area contributed by atoms with Crippen LogP contribution in [-0.4, -0.2) is 35.7 Å². The van der Waals surface area contributed by atoms with Gasteiger partial charge in [0.15, 0.2) is 0 Å². The number of rotatable bonds is 9. The Morgan fingerprint density at radius 3 is 1.67 bits per heavy atom. The summed E-state index contributed by atoms with van der Waals surface area (Å²) in [6, 6.07) is 23.1. The number of amides is 2. The molecule has 0 fully saturated rings. The van der Waals surface area contributed by atoms with E-state index in [1.807, 2.05) is 24.3 Å². The van der Waals surface area contributed by atoms with Gasteiger partial charge in [0.05, 0.1) is 22.5 Å². The Labute approximate surface area is 268 Å². The van der Waals surface area contributed by atoms with Gasteiger partial charge in [-0.05, 0) is 81.5 Å². The molecule has 0 aromatic heterocycles. The molecule has 6 rings (SSSR count). The lowest BCUT2D eigenvalue weighted by Gasteiger charge is -2.41. The third-order valence-electron chi connectivity index (χ3n) is 10.7. The number of benzene rings is 3. The van der Waals surface area contributed by atoms with Crippen molar-refractivity contribution >= 4 is 41.4 Å². The minimum atomic E-state index is -0.134. The van der Waals surface area contributed by atoms with E-state index in [4.69, 9.17) is 0 Å². The van der Waals surface area contributed by atoms with Crippen molar-refractivity contribution in [3.05, 3.63) is 123 Å². The molecule has 4 nitrogen and oxygen atoms in total. The summed E-state index contributed by atoms with van der Waals surface area (Å²) in [5, 5.41) is 0. The van der Waals surface area contributed by atoms with Crippen molar-refractivity contribution < 1.29 is 9.59 Å². The van der Waals surface area contributed by atoms with Gasteiger partial charge in [-0.3, -0.25) is 9.59 Å². The molecule has 2 amide bonds. The van der Waals surface area contributed by atoms with Crippen LogP contribution in [0.3, 0.4) is 0 Å². The van der Waals surface area contributed by atoms with Gasteiger partial charge in [-0.2, -0.15) is 0 Å². The van der Waals surface area contributed by atoms with Gasteiger partial charge in [-0.1, -0.05) is 120 Å². The topological polar surface area (TPSA) is 40.6 Å². The smallest absolute Gasteiger partial charge is 0.261 e. The van der Waals surface area contributed by atoms with Gasteiger partial charge in [-0.25, -0.2) is 0 Å². The highest BCUT2D eigenvalue weighted by Gasteiger charge is 2.47. The number of nitrogens with zero attached hydrogens (tertiary/aromatic N) is 2. The van der Waals surface area contributed by atoms with Crippen molar-refractivity contribution in [1.29, 1.82) is 0 Å². The molecule has 0 radical (unpaired) electrons. The molecule has 1 unspecified atom stereocenters. The van der Waals surface area contributed by atoms with Gasteiger partial charge in [0.25, 0.3) is 11.8 Å². The van der Waals surface area contributed by atoms with Crippen LogP contribution in [0.2, 0.25) is 0 Å². The molecule has 3 aromatic rings. The average Bonchev–Trinajstić information content (AvgIpc) is 3.46. The van der Waals surface area contributed by atoms with E-state index in [1.165, 1.54) is 16.7 Å².